The van der Waals surface area contributed by atoms with Crippen molar-refractivity contribution < 1.29 is 19.4 Å². The van der Waals surface area contributed by atoms with Gasteiger partial charge < -0.3 is 14.7 Å². The molecule has 1 N–H and O–H groups in total. The molecule has 1 fully saturated rings. The largest absolute Gasteiger partial charge is 0.480 e. The molecule has 5 nitrogen and oxygen atoms in total. The molecule has 0 aliphatic carbocycles. The normalized spacial score (nSPS) is 18.3. The molecule has 5 heteroatoms. The number of hydrogen-bond donors (Lipinski definition) is 1. The molecule has 1 aliphatic rings. The van der Waals surface area contributed by atoms with E-state index in [-0.39, 0.29) is 25.0 Å². The van der Waals surface area contributed by atoms with E-state index in [1.54, 1.807) is 0 Å². The summed E-state index contributed by atoms with van der Waals surface area (Å²) >= 11 is 0. The van der Waals surface area contributed by atoms with Crippen LogP contribution in [-0.2, 0) is 20.9 Å². The zero-order valence-corrected chi connectivity index (χ0v) is 17.1. The summed E-state index contributed by atoms with van der Waals surface area (Å²) in [5.41, 5.74) is 2.71. The highest BCUT2D eigenvalue weighted by Crippen LogP contribution is 2.31. The fourth-order valence-corrected chi connectivity index (χ4v) is 4.12. The van der Waals surface area contributed by atoms with Gasteiger partial charge in [-0.05, 0) is 16.7 Å². The number of ether oxygens (including phenoxy) is 1. The van der Waals surface area contributed by atoms with Crippen LogP contribution in [0.5, 0.6) is 0 Å². The minimum atomic E-state index is -1.00. The standard InChI is InChI=1S/C26H25NO4/c28-25(24(20-12-6-2-7-13-20)21-14-8-3-9-15-21)27-17-22(16-23(27)26(29)30)31-18-19-10-4-1-5-11-19/h1-15,22-24H,16-18H2,(H,29,30)/t22-,23+/m1/s1. The third-order valence-corrected chi connectivity index (χ3v) is 5.67. The van der Waals surface area contributed by atoms with Crippen molar-refractivity contribution in [2.24, 2.45) is 0 Å². The number of carbonyl (C=O) groups excluding carboxylic acids is 1. The van der Waals surface area contributed by atoms with Crippen LogP contribution in [0.15, 0.2) is 91.0 Å². The van der Waals surface area contributed by atoms with E-state index < -0.39 is 17.9 Å². The number of carboxylic acids is 1. The first-order valence-corrected chi connectivity index (χ1v) is 10.4. The van der Waals surface area contributed by atoms with Gasteiger partial charge in [-0.15, -0.1) is 0 Å². The van der Waals surface area contributed by atoms with Gasteiger partial charge in [0, 0.05) is 13.0 Å². The fourth-order valence-electron chi connectivity index (χ4n) is 4.12. The zero-order chi connectivity index (χ0) is 21.6. The Morgan fingerprint density at radius 2 is 1.39 bits per heavy atom. The van der Waals surface area contributed by atoms with Crippen LogP contribution in [0.2, 0.25) is 0 Å². The molecule has 2 atom stereocenters. The van der Waals surface area contributed by atoms with Crippen LogP contribution in [0.4, 0.5) is 0 Å². The maximum atomic E-state index is 13.7. The summed E-state index contributed by atoms with van der Waals surface area (Å²) in [4.78, 5) is 27.1. The minimum absolute atomic E-state index is 0.212. The van der Waals surface area contributed by atoms with Gasteiger partial charge in [-0.25, -0.2) is 4.79 Å². The smallest absolute Gasteiger partial charge is 0.326 e. The predicted molar refractivity (Wildman–Crippen MR) is 117 cm³/mol. The second-order valence-corrected chi connectivity index (χ2v) is 7.75. The molecule has 0 unspecified atom stereocenters. The molecule has 3 aromatic rings. The molecule has 31 heavy (non-hydrogen) atoms. The van der Waals surface area contributed by atoms with Gasteiger partial charge in [0.2, 0.25) is 5.91 Å². The summed E-state index contributed by atoms with van der Waals surface area (Å²) in [6, 6.07) is 27.8. The van der Waals surface area contributed by atoms with Gasteiger partial charge in [0.05, 0.1) is 18.6 Å². The van der Waals surface area contributed by atoms with Crippen LogP contribution >= 0.6 is 0 Å². The van der Waals surface area contributed by atoms with Gasteiger partial charge in [-0.2, -0.15) is 0 Å². The quantitative estimate of drug-likeness (QED) is 0.631. The molecule has 1 saturated heterocycles. The van der Waals surface area contributed by atoms with Crippen molar-refractivity contribution in [3.05, 3.63) is 108 Å². The van der Waals surface area contributed by atoms with E-state index in [0.29, 0.717) is 6.61 Å². The van der Waals surface area contributed by atoms with Crippen molar-refractivity contribution >= 4 is 11.9 Å². The van der Waals surface area contributed by atoms with Crippen LogP contribution < -0.4 is 0 Å². The Bertz CT molecular complexity index is 968. The average Bonchev–Trinajstić information content (AvgIpc) is 3.25. The average molecular weight is 415 g/mol. The van der Waals surface area contributed by atoms with Crippen molar-refractivity contribution in [1.82, 2.24) is 4.90 Å². The first kappa shape index (κ1) is 20.8. The van der Waals surface area contributed by atoms with E-state index in [1.165, 1.54) is 4.90 Å². The monoisotopic (exact) mass is 415 g/mol. The number of benzene rings is 3. The number of carboxylic acid groups (broad SMARTS) is 1. The van der Waals surface area contributed by atoms with Gasteiger partial charge in [0.25, 0.3) is 0 Å². The van der Waals surface area contributed by atoms with Gasteiger partial charge >= 0.3 is 5.97 Å². The van der Waals surface area contributed by atoms with E-state index in [1.807, 2.05) is 91.0 Å². The summed E-state index contributed by atoms with van der Waals surface area (Å²) in [6.07, 6.45) is -0.0399. The molecule has 1 aliphatic heterocycles. The van der Waals surface area contributed by atoms with Crippen LogP contribution in [0.25, 0.3) is 0 Å². The molecule has 0 saturated carbocycles. The van der Waals surface area contributed by atoms with Crippen molar-refractivity contribution in [2.75, 3.05) is 6.54 Å². The maximum Gasteiger partial charge on any atom is 0.326 e. The van der Waals surface area contributed by atoms with Crippen LogP contribution in [-0.4, -0.2) is 40.6 Å². The molecule has 3 aromatic carbocycles. The van der Waals surface area contributed by atoms with E-state index in [0.717, 1.165) is 16.7 Å². The van der Waals surface area contributed by atoms with Crippen molar-refractivity contribution in [3.63, 3.8) is 0 Å². The Hall–Kier alpha value is -3.44. The molecule has 4 rings (SSSR count). The lowest BCUT2D eigenvalue weighted by Crippen LogP contribution is -2.43. The molecule has 1 heterocycles. The first-order chi connectivity index (χ1) is 15.1. The number of amides is 1. The number of carbonyl (C=O) groups is 2. The van der Waals surface area contributed by atoms with Gasteiger partial charge in [0.15, 0.2) is 0 Å². The molecule has 0 aromatic heterocycles. The first-order valence-electron chi connectivity index (χ1n) is 10.4. The third kappa shape index (κ3) is 4.84. The zero-order valence-electron chi connectivity index (χ0n) is 17.1. The van der Waals surface area contributed by atoms with E-state index >= 15 is 0 Å². The number of rotatable bonds is 7. The van der Waals surface area contributed by atoms with E-state index in [2.05, 4.69) is 0 Å². The van der Waals surface area contributed by atoms with Crippen molar-refractivity contribution in [2.45, 2.75) is 31.1 Å². The maximum absolute atomic E-state index is 13.7. The molecule has 1 amide bonds. The molecule has 0 spiro atoms. The second kappa shape index (κ2) is 9.58. The second-order valence-electron chi connectivity index (χ2n) is 7.75. The summed E-state index contributed by atoms with van der Waals surface area (Å²) < 4.78 is 5.98. The Balaban J connectivity index is 1.57. The number of hydrogen-bond acceptors (Lipinski definition) is 3. The summed E-state index contributed by atoms with van der Waals surface area (Å²) in [7, 11) is 0. The highest BCUT2D eigenvalue weighted by Gasteiger charge is 2.42. The fraction of sp³-hybridized carbons (Fsp3) is 0.231. The Morgan fingerprint density at radius 1 is 0.871 bits per heavy atom. The molecule has 158 valence electrons. The minimum Gasteiger partial charge on any atom is -0.480 e. The summed E-state index contributed by atoms with van der Waals surface area (Å²) in [5, 5.41) is 9.81. The Kier molecular flexibility index (Phi) is 6.43. The van der Waals surface area contributed by atoms with Crippen LogP contribution in [0, 0.1) is 0 Å². The van der Waals surface area contributed by atoms with Gasteiger partial charge in [-0.1, -0.05) is 91.0 Å². The lowest BCUT2D eigenvalue weighted by atomic mass is 9.90. The third-order valence-electron chi connectivity index (χ3n) is 5.67. The number of aliphatic carboxylic acids is 1. The highest BCUT2D eigenvalue weighted by molar-refractivity contribution is 5.91. The number of nitrogens with zero attached hydrogens (tertiary/aromatic N) is 1. The van der Waals surface area contributed by atoms with Crippen molar-refractivity contribution in [1.29, 1.82) is 0 Å². The van der Waals surface area contributed by atoms with Gasteiger partial charge in [-0.3, -0.25) is 4.79 Å². The summed E-state index contributed by atoms with van der Waals surface area (Å²) in [6.45, 7) is 0.652. The van der Waals surface area contributed by atoms with Crippen LogP contribution in [0.1, 0.15) is 29.0 Å². The Labute approximate surface area is 181 Å². The molecular weight excluding hydrogens is 390 g/mol. The highest BCUT2D eigenvalue weighted by atomic mass is 16.5. The molecule has 0 radical (unpaired) electrons. The predicted octanol–water partition coefficient (Wildman–Crippen LogP) is 4.09. The van der Waals surface area contributed by atoms with Gasteiger partial charge in [0.1, 0.15) is 6.04 Å². The Morgan fingerprint density at radius 3 is 1.90 bits per heavy atom. The summed E-state index contributed by atoms with van der Waals surface area (Å²) in [5.74, 6) is -1.77. The van der Waals surface area contributed by atoms with E-state index in [9.17, 15) is 14.7 Å². The van der Waals surface area contributed by atoms with E-state index in [4.69, 9.17) is 4.74 Å². The lowest BCUT2D eigenvalue weighted by Gasteiger charge is -2.27. The van der Waals surface area contributed by atoms with Crippen molar-refractivity contribution in [3.8, 4) is 0 Å². The van der Waals surface area contributed by atoms with Crippen LogP contribution in [0.3, 0.4) is 0 Å². The molecule has 0 bridgehead atoms. The SMILES string of the molecule is O=C(O)[C@@H]1C[C@@H](OCc2ccccc2)CN1C(=O)C(c1ccccc1)c1ccccc1. The number of likely N-dealkylation sites (tertiary alicyclic amines) is 1. The topological polar surface area (TPSA) is 66.8 Å². The molecular formula is C26H25NO4. The lowest BCUT2D eigenvalue weighted by molar-refractivity contribution is -0.148.